The fraction of sp³-hybridized carbons (Fsp3) is 0.375. The molecule has 1 aromatic rings. The number of anilines is 1. The number of carbonyl (C=O) groups excluding carboxylic acids is 2. The number of imide groups is 1. The van der Waals surface area contributed by atoms with Gasteiger partial charge in [0.05, 0.1) is 0 Å². The highest BCUT2D eigenvalue weighted by Crippen LogP contribution is 2.29. The van der Waals surface area contributed by atoms with E-state index in [-0.39, 0.29) is 17.4 Å². The summed E-state index contributed by atoms with van der Waals surface area (Å²) < 4.78 is 26.7. The number of rotatable bonds is 3. The van der Waals surface area contributed by atoms with Crippen molar-refractivity contribution < 1.29 is 23.5 Å². The van der Waals surface area contributed by atoms with Crippen LogP contribution in [-0.2, 0) is 9.59 Å². The first-order valence-electron chi connectivity index (χ1n) is 7.51. The van der Waals surface area contributed by atoms with E-state index in [2.05, 4.69) is 5.32 Å². The average Bonchev–Trinajstić information content (AvgIpc) is 2.80. The number of halogens is 2. The molecular formula is C16H16F2N2O3. The van der Waals surface area contributed by atoms with Gasteiger partial charge in [-0.3, -0.25) is 14.5 Å². The van der Waals surface area contributed by atoms with E-state index in [0.29, 0.717) is 0 Å². The molecule has 2 N–H and O–H groups in total. The molecule has 5 nitrogen and oxygen atoms in total. The summed E-state index contributed by atoms with van der Waals surface area (Å²) in [5, 5.41) is 11.6. The van der Waals surface area contributed by atoms with Crippen LogP contribution < -0.4 is 5.32 Å². The van der Waals surface area contributed by atoms with Crippen molar-refractivity contribution in [2.75, 3.05) is 5.32 Å². The Morgan fingerprint density at radius 1 is 1.09 bits per heavy atom. The molecule has 1 heterocycles. The molecule has 1 saturated carbocycles. The topological polar surface area (TPSA) is 69.6 Å². The molecular weight excluding hydrogens is 306 g/mol. The van der Waals surface area contributed by atoms with E-state index in [1.54, 1.807) is 0 Å². The minimum atomic E-state index is -1.14. The highest BCUT2D eigenvalue weighted by atomic mass is 19.1. The van der Waals surface area contributed by atoms with E-state index in [1.807, 2.05) is 0 Å². The van der Waals surface area contributed by atoms with Crippen molar-refractivity contribution in [3.63, 3.8) is 0 Å². The highest BCUT2D eigenvalue weighted by molar-refractivity contribution is 6.17. The number of amides is 2. The van der Waals surface area contributed by atoms with Gasteiger partial charge >= 0.3 is 0 Å². The van der Waals surface area contributed by atoms with Gasteiger partial charge in [-0.1, -0.05) is 19.3 Å². The van der Waals surface area contributed by atoms with Gasteiger partial charge < -0.3 is 10.4 Å². The summed E-state index contributed by atoms with van der Waals surface area (Å²) in [6.45, 7) is 0. The van der Waals surface area contributed by atoms with Crippen molar-refractivity contribution in [2.24, 2.45) is 0 Å². The van der Waals surface area contributed by atoms with Crippen LogP contribution in [0.1, 0.15) is 32.1 Å². The molecule has 3 rings (SSSR count). The van der Waals surface area contributed by atoms with Gasteiger partial charge in [-0.25, -0.2) is 8.78 Å². The number of hydrogen-bond acceptors (Lipinski definition) is 4. The number of phenolic OH excluding ortho intramolecular Hbond substituents is 1. The molecule has 1 fully saturated rings. The Morgan fingerprint density at radius 2 is 1.70 bits per heavy atom. The molecule has 0 atom stereocenters. The fourth-order valence-electron chi connectivity index (χ4n) is 3.05. The molecule has 1 aromatic carbocycles. The predicted molar refractivity (Wildman–Crippen MR) is 78.5 cm³/mol. The van der Waals surface area contributed by atoms with Gasteiger partial charge in [0.25, 0.3) is 11.8 Å². The lowest BCUT2D eigenvalue weighted by Crippen LogP contribution is -2.42. The largest absolute Gasteiger partial charge is 0.503 e. The highest BCUT2D eigenvalue weighted by Gasteiger charge is 2.37. The van der Waals surface area contributed by atoms with Crippen molar-refractivity contribution in [3.8, 4) is 5.75 Å². The number of nitrogens with one attached hydrogen (secondary N) is 1. The molecule has 0 saturated heterocycles. The molecule has 7 heteroatoms. The molecule has 1 aliphatic carbocycles. The second kappa shape index (κ2) is 5.98. The van der Waals surface area contributed by atoms with E-state index in [0.717, 1.165) is 50.3 Å². The number of nitrogens with zero attached hydrogens (tertiary/aromatic N) is 1. The average molecular weight is 322 g/mol. The van der Waals surface area contributed by atoms with Gasteiger partial charge in [0.2, 0.25) is 0 Å². The molecule has 0 bridgehead atoms. The zero-order valence-electron chi connectivity index (χ0n) is 12.3. The number of aromatic hydroxyl groups is 1. The van der Waals surface area contributed by atoms with Crippen LogP contribution in [0.25, 0.3) is 0 Å². The van der Waals surface area contributed by atoms with Crippen molar-refractivity contribution >= 4 is 17.5 Å². The Kier molecular flexibility index (Phi) is 4.02. The summed E-state index contributed by atoms with van der Waals surface area (Å²) in [7, 11) is 0. The normalized spacial score (nSPS) is 19.2. The fourth-order valence-corrected chi connectivity index (χ4v) is 3.05. The summed E-state index contributed by atoms with van der Waals surface area (Å²) in [6.07, 6.45) is 5.73. The first-order valence-corrected chi connectivity index (χ1v) is 7.51. The van der Waals surface area contributed by atoms with Gasteiger partial charge in [0.1, 0.15) is 5.70 Å². The van der Waals surface area contributed by atoms with Crippen LogP contribution in [0.5, 0.6) is 5.75 Å². The van der Waals surface area contributed by atoms with Crippen molar-refractivity contribution in [1.29, 1.82) is 0 Å². The lowest BCUT2D eigenvalue weighted by atomic mass is 9.94. The zero-order valence-corrected chi connectivity index (χ0v) is 12.3. The van der Waals surface area contributed by atoms with E-state index in [9.17, 15) is 18.4 Å². The molecule has 0 aromatic heterocycles. The van der Waals surface area contributed by atoms with Crippen LogP contribution in [-0.4, -0.2) is 27.9 Å². The summed E-state index contributed by atoms with van der Waals surface area (Å²) in [5.41, 5.74) is -0.0687. The van der Waals surface area contributed by atoms with Crippen LogP contribution in [0, 0.1) is 11.6 Å². The lowest BCUT2D eigenvalue weighted by Gasteiger charge is -2.29. The Bertz CT molecular complexity index is 674. The second-order valence-electron chi connectivity index (χ2n) is 5.78. The Labute approximate surface area is 131 Å². The van der Waals surface area contributed by atoms with Crippen molar-refractivity contribution in [3.05, 3.63) is 35.5 Å². The molecule has 0 radical (unpaired) electrons. The van der Waals surface area contributed by atoms with Gasteiger partial charge in [-0.05, 0) is 12.8 Å². The summed E-state index contributed by atoms with van der Waals surface area (Å²) in [4.78, 5) is 25.7. The lowest BCUT2D eigenvalue weighted by molar-refractivity contribution is -0.140. The second-order valence-corrected chi connectivity index (χ2v) is 5.78. The van der Waals surface area contributed by atoms with E-state index >= 15 is 0 Å². The molecule has 122 valence electrons. The minimum absolute atomic E-state index is 0.0231. The minimum Gasteiger partial charge on any atom is -0.503 e. The van der Waals surface area contributed by atoms with Crippen molar-refractivity contribution in [2.45, 2.75) is 38.1 Å². The van der Waals surface area contributed by atoms with Gasteiger partial charge in [0, 0.05) is 29.9 Å². The molecule has 0 unspecified atom stereocenters. The van der Waals surface area contributed by atoms with Crippen LogP contribution in [0.15, 0.2) is 23.9 Å². The first-order chi connectivity index (χ1) is 11.0. The monoisotopic (exact) mass is 322 g/mol. The SMILES string of the molecule is O=C1C=C(Nc2cc(F)c(O)c(F)c2)C(=O)N1C1CCCCC1. The van der Waals surface area contributed by atoms with E-state index < -0.39 is 29.2 Å². The van der Waals surface area contributed by atoms with Crippen LogP contribution >= 0.6 is 0 Å². The number of benzene rings is 1. The molecule has 23 heavy (non-hydrogen) atoms. The maximum Gasteiger partial charge on any atom is 0.277 e. The number of phenols is 1. The molecule has 2 amide bonds. The van der Waals surface area contributed by atoms with Crippen molar-refractivity contribution in [1.82, 2.24) is 4.90 Å². The standard InChI is InChI=1S/C16H16F2N2O3/c17-11-6-9(7-12(18)15(11)22)19-13-8-14(21)20(16(13)23)10-4-2-1-3-5-10/h6-8,10,19,22H,1-5H2. The summed E-state index contributed by atoms with van der Waals surface area (Å²) in [5.74, 6) is -4.27. The third-order valence-electron chi connectivity index (χ3n) is 4.19. The maximum atomic E-state index is 13.3. The van der Waals surface area contributed by atoms with Crippen LogP contribution in [0.4, 0.5) is 14.5 Å². The summed E-state index contributed by atoms with van der Waals surface area (Å²) in [6, 6.07) is 1.60. The smallest absolute Gasteiger partial charge is 0.277 e. The predicted octanol–water partition coefficient (Wildman–Crippen LogP) is 2.67. The van der Waals surface area contributed by atoms with Crippen LogP contribution in [0.3, 0.4) is 0 Å². The number of carbonyl (C=O) groups is 2. The van der Waals surface area contributed by atoms with Gasteiger partial charge in [0.15, 0.2) is 17.4 Å². The molecule has 1 aliphatic heterocycles. The Balaban J connectivity index is 1.78. The van der Waals surface area contributed by atoms with Gasteiger partial charge in [-0.15, -0.1) is 0 Å². The third kappa shape index (κ3) is 2.91. The molecule has 2 aliphatic rings. The number of hydrogen-bond donors (Lipinski definition) is 2. The zero-order chi connectivity index (χ0) is 16.6. The van der Waals surface area contributed by atoms with Gasteiger partial charge in [-0.2, -0.15) is 0 Å². The quantitative estimate of drug-likeness (QED) is 0.663. The Hall–Kier alpha value is -2.44. The summed E-state index contributed by atoms with van der Waals surface area (Å²) >= 11 is 0. The van der Waals surface area contributed by atoms with E-state index in [4.69, 9.17) is 5.11 Å². The third-order valence-corrected chi connectivity index (χ3v) is 4.19. The van der Waals surface area contributed by atoms with E-state index in [1.165, 1.54) is 4.90 Å². The van der Waals surface area contributed by atoms with Crippen LogP contribution in [0.2, 0.25) is 0 Å². The first kappa shape index (κ1) is 15.5. The Morgan fingerprint density at radius 3 is 2.30 bits per heavy atom. The molecule has 0 spiro atoms. The maximum absolute atomic E-state index is 13.3.